The van der Waals surface area contributed by atoms with E-state index in [0.29, 0.717) is 18.9 Å². The van der Waals surface area contributed by atoms with Crippen LogP contribution < -0.4 is 10.6 Å². The fraction of sp³-hybridized carbons (Fsp3) is 0.667. The summed E-state index contributed by atoms with van der Waals surface area (Å²) in [5.41, 5.74) is 0. The molecule has 0 spiro atoms. The van der Waals surface area contributed by atoms with Crippen molar-refractivity contribution in [3.63, 3.8) is 0 Å². The van der Waals surface area contributed by atoms with Gasteiger partial charge >= 0.3 is 0 Å². The molecule has 0 saturated carbocycles. The van der Waals surface area contributed by atoms with Crippen molar-refractivity contribution in [2.45, 2.75) is 32.4 Å². The van der Waals surface area contributed by atoms with Crippen LogP contribution in [0.4, 0.5) is 0 Å². The second-order valence-corrected chi connectivity index (χ2v) is 4.63. The Morgan fingerprint density at radius 2 is 2.59 bits per heavy atom. The second-order valence-electron chi connectivity index (χ2n) is 4.63. The Kier molecular flexibility index (Phi) is 4.14. The second kappa shape index (κ2) is 5.82. The summed E-state index contributed by atoms with van der Waals surface area (Å²) in [5, 5.41) is 10.5. The van der Waals surface area contributed by atoms with Crippen molar-refractivity contribution in [2.24, 2.45) is 5.92 Å². The van der Waals surface area contributed by atoms with Gasteiger partial charge in [0.2, 0.25) is 5.91 Å². The highest BCUT2D eigenvalue weighted by atomic mass is 16.1. The van der Waals surface area contributed by atoms with E-state index in [-0.39, 0.29) is 11.9 Å². The van der Waals surface area contributed by atoms with Gasteiger partial charge in [-0.1, -0.05) is 0 Å². The molecule has 1 aromatic heterocycles. The van der Waals surface area contributed by atoms with Crippen molar-refractivity contribution in [1.82, 2.24) is 20.4 Å². The molecule has 0 radical (unpaired) electrons. The highest BCUT2D eigenvalue weighted by Crippen LogP contribution is 2.12. The molecule has 0 aliphatic carbocycles. The van der Waals surface area contributed by atoms with Crippen molar-refractivity contribution in [3.05, 3.63) is 18.5 Å². The zero-order chi connectivity index (χ0) is 12.1. The molecular formula is C12H20N4O. The van der Waals surface area contributed by atoms with Gasteiger partial charge in [-0.2, -0.15) is 5.10 Å². The fourth-order valence-electron chi connectivity index (χ4n) is 2.20. The number of nitrogens with zero attached hydrogens (tertiary/aromatic N) is 2. The first-order chi connectivity index (χ1) is 8.25. The highest BCUT2D eigenvalue weighted by Gasteiger charge is 2.22. The van der Waals surface area contributed by atoms with E-state index in [1.807, 2.05) is 12.3 Å². The smallest absolute Gasteiger partial charge is 0.222 e. The molecule has 1 aliphatic heterocycles. The van der Waals surface area contributed by atoms with Crippen molar-refractivity contribution in [1.29, 1.82) is 0 Å². The summed E-state index contributed by atoms with van der Waals surface area (Å²) in [5.74, 6) is 0.684. The molecular weight excluding hydrogens is 216 g/mol. The standard InChI is InChI=1S/C12H20N4O/c1-10(11-3-6-13-9-11)15-12(17)4-8-16-7-2-5-14-16/h2,5,7,10-11,13H,3-4,6,8-9H2,1H3,(H,15,17). The van der Waals surface area contributed by atoms with Gasteiger partial charge in [0.05, 0.1) is 0 Å². The van der Waals surface area contributed by atoms with E-state index < -0.39 is 0 Å². The lowest BCUT2D eigenvalue weighted by atomic mass is 10.0. The van der Waals surface area contributed by atoms with Gasteiger partial charge < -0.3 is 10.6 Å². The fourth-order valence-corrected chi connectivity index (χ4v) is 2.20. The summed E-state index contributed by atoms with van der Waals surface area (Å²) in [6, 6.07) is 2.13. The quantitative estimate of drug-likeness (QED) is 0.777. The molecule has 1 fully saturated rings. The van der Waals surface area contributed by atoms with Gasteiger partial charge in [0.15, 0.2) is 0 Å². The number of aromatic nitrogens is 2. The minimum absolute atomic E-state index is 0.111. The van der Waals surface area contributed by atoms with Crippen LogP contribution in [0.1, 0.15) is 19.8 Å². The molecule has 2 rings (SSSR count). The predicted octanol–water partition coefficient (Wildman–Crippen LogP) is 0.387. The summed E-state index contributed by atoms with van der Waals surface area (Å²) < 4.78 is 1.78. The van der Waals surface area contributed by atoms with Gasteiger partial charge in [-0.3, -0.25) is 9.48 Å². The number of carbonyl (C=O) groups is 1. The predicted molar refractivity (Wildman–Crippen MR) is 65.4 cm³/mol. The van der Waals surface area contributed by atoms with Gasteiger partial charge in [-0.25, -0.2) is 0 Å². The molecule has 0 bridgehead atoms. The van der Waals surface area contributed by atoms with Crippen LogP contribution in [0.5, 0.6) is 0 Å². The largest absolute Gasteiger partial charge is 0.353 e. The molecule has 2 atom stereocenters. The Balaban J connectivity index is 1.69. The lowest BCUT2D eigenvalue weighted by molar-refractivity contribution is -0.122. The van der Waals surface area contributed by atoms with Gasteiger partial charge in [-0.15, -0.1) is 0 Å². The van der Waals surface area contributed by atoms with Crippen LogP contribution in [0.3, 0.4) is 0 Å². The third kappa shape index (κ3) is 3.56. The van der Waals surface area contributed by atoms with Crippen molar-refractivity contribution in [2.75, 3.05) is 13.1 Å². The molecule has 2 heterocycles. The monoisotopic (exact) mass is 236 g/mol. The number of aryl methyl sites for hydroxylation is 1. The summed E-state index contributed by atoms with van der Waals surface area (Å²) in [6.45, 7) is 4.82. The number of hydrogen-bond donors (Lipinski definition) is 2. The normalized spacial score (nSPS) is 21.4. The first-order valence-electron chi connectivity index (χ1n) is 6.23. The van der Waals surface area contributed by atoms with E-state index in [4.69, 9.17) is 0 Å². The van der Waals surface area contributed by atoms with Gasteiger partial charge in [0.1, 0.15) is 0 Å². The van der Waals surface area contributed by atoms with Crippen LogP contribution >= 0.6 is 0 Å². The van der Waals surface area contributed by atoms with E-state index in [2.05, 4.69) is 22.7 Å². The Bertz CT molecular complexity index is 343. The van der Waals surface area contributed by atoms with Crippen LogP contribution in [0.2, 0.25) is 0 Å². The highest BCUT2D eigenvalue weighted by molar-refractivity contribution is 5.76. The molecule has 1 aromatic rings. The summed E-state index contributed by atoms with van der Waals surface area (Å²) in [4.78, 5) is 11.7. The Morgan fingerprint density at radius 3 is 3.24 bits per heavy atom. The summed E-state index contributed by atoms with van der Waals surface area (Å²) in [6.07, 6.45) is 5.25. The van der Waals surface area contributed by atoms with E-state index >= 15 is 0 Å². The summed E-state index contributed by atoms with van der Waals surface area (Å²) >= 11 is 0. The zero-order valence-electron chi connectivity index (χ0n) is 10.2. The van der Waals surface area contributed by atoms with Gasteiger partial charge in [-0.05, 0) is 38.4 Å². The number of rotatable bonds is 5. The van der Waals surface area contributed by atoms with E-state index in [9.17, 15) is 4.79 Å². The molecule has 5 heteroatoms. The third-order valence-electron chi connectivity index (χ3n) is 3.32. The maximum Gasteiger partial charge on any atom is 0.222 e. The molecule has 1 saturated heterocycles. The van der Waals surface area contributed by atoms with Crippen molar-refractivity contribution in [3.8, 4) is 0 Å². The first kappa shape index (κ1) is 12.1. The Hall–Kier alpha value is -1.36. The number of nitrogens with one attached hydrogen (secondary N) is 2. The van der Waals surface area contributed by atoms with Crippen LogP contribution in [-0.4, -0.2) is 34.8 Å². The average Bonchev–Trinajstić information content (AvgIpc) is 2.99. The average molecular weight is 236 g/mol. The Morgan fingerprint density at radius 1 is 1.71 bits per heavy atom. The lowest BCUT2D eigenvalue weighted by Gasteiger charge is -2.19. The van der Waals surface area contributed by atoms with Crippen molar-refractivity contribution < 1.29 is 4.79 Å². The maximum atomic E-state index is 11.7. The van der Waals surface area contributed by atoms with Crippen LogP contribution in [0, 0.1) is 5.92 Å². The molecule has 2 N–H and O–H groups in total. The Labute approximate surface area is 102 Å². The van der Waals surface area contributed by atoms with Crippen LogP contribution in [-0.2, 0) is 11.3 Å². The minimum atomic E-state index is 0.111. The van der Waals surface area contributed by atoms with Crippen LogP contribution in [0.25, 0.3) is 0 Å². The van der Waals surface area contributed by atoms with Crippen LogP contribution in [0.15, 0.2) is 18.5 Å². The molecule has 94 valence electrons. The van der Waals surface area contributed by atoms with E-state index in [0.717, 1.165) is 19.5 Å². The molecule has 17 heavy (non-hydrogen) atoms. The van der Waals surface area contributed by atoms with Gasteiger partial charge in [0.25, 0.3) is 0 Å². The number of amides is 1. The molecule has 1 amide bonds. The van der Waals surface area contributed by atoms with E-state index in [1.165, 1.54) is 0 Å². The zero-order valence-corrected chi connectivity index (χ0v) is 10.2. The summed E-state index contributed by atoms with van der Waals surface area (Å²) in [7, 11) is 0. The molecule has 2 unspecified atom stereocenters. The first-order valence-corrected chi connectivity index (χ1v) is 6.23. The molecule has 5 nitrogen and oxygen atoms in total. The van der Waals surface area contributed by atoms with E-state index in [1.54, 1.807) is 10.9 Å². The molecule has 0 aromatic carbocycles. The van der Waals surface area contributed by atoms with Gasteiger partial charge in [0, 0.05) is 31.4 Å². The van der Waals surface area contributed by atoms with Crippen molar-refractivity contribution >= 4 is 5.91 Å². The molecule has 1 aliphatic rings. The third-order valence-corrected chi connectivity index (χ3v) is 3.32. The number of hydrogen-bond acceptors (Lipinski definition) is 3. The number of carbonyl (C=O) groups excluding carboxylic acids is 1. The lowest BCUT2D eigenvalue weighted by Crippen LogP contribution is -2.39. The minimum Gasteiger partial charge on any atom is -0.353 e. The maximum absolute atomic E-state index is 11.7. The topological polar surface area (TPSA) is 59.0 Å². The SMILES string of the molecule is CC(NC(=O)CCn1cccn1)C1CCNC1.